The van der Waals surface area contributed by atoms with Crippen molar-refractivity contribution < 1.29 is 14.4 Å². The normalized spacial score (nSPS) is 10.7. The quantitative estimate of drug-likeness (QED) is 0.504. The van der Waals surface area contributed by atoms with E-state index in [1.807, 2.05) is 63.2 Å². The van der Waals surface area contributed by atoms with Gasteiger partial charge in [0.25, 0.3) is 5.91 Å². The molecule has 172 valence electrons. The fourth-order valence-electron chi connectivity index (χ4n) is 3.13. The van der Waals surface area contributed by atoms with Gasteiger partial charge in [0.1, 0.15) is 6.54 Å². The highest BCUT2D eigenvalue weighted by Gasteiger charge is 2.22. The number of benzene rings is 2. The van der Waals surface area contributed by atoms with E-state index >= 15 is 0 Å². The van der Waals surface area contributed by atoms with Gasteiger partial charge in [-0.2, -0.15) is 0 Å². The highest BCUT2D eigenvalue weighted by atomic mass is 32.1. The predicted molar refractivity (Wildman–Crippen MR) is 130 cm³/mol. The molecule has 8 heteroatoms. The van der Waals surface area contributed by atoms with E-state index in [0.717, 1.165) is 11.1 Å². The van der Waals surface area contributed by atoms with Gasteiger partial charge in [-0.15, -0.1) is 11.3 Å². The minimum atomic E-state index is -0.335. The van der Waals surface area contributed by atoms with Crippen LogP contribution in [-0.4, -0.2) is 40.2 Å². The van der Waals surface area contributed by atoms with Crippen LogP contribution in [0.2, 0.25) is 0 Å². The van der Waals surface area contributed by atoms with E-state index < -0.39 is 0 Å². The number of anilines is 1. The summed E-state index contributed by atoms with van der Waals surface area (Å²) < 4.78 is 0. The molecule has 2 aromatic carbocycles. The Morgan fingerprint density at radius 2 is 1.70 bits per heavy atom. The first-order chi connectivity index (χ1) is 15.8. The zero-order valence-electron chi connectivity index (χ0n) is 19.0. The van der Waals surface area contributed by atoms with Crippen LogP contribution in [0.4, 0.5) is 5.13 Å². The molecule has 7 nitrogen and oxygen atoms in total. The van der Waals surface area contributed by atoms with Gasteiger partial charge in [0.15, 0.2) is 5.13 Å². The van der Waals surface area contributed by atoms with Crippen molar-refractivity contribution in [1.29, 1.82) is 0 Å². The van der Waals surface area contributed by atoms with E-state index in [1.54, 1.807) is 17.5 Å². The van der Waals surface area contributed by atoms with E-state index in [-0.39, 0.29) is 36.7 Å². The summed E-state index contributed by atoms with van der Waals surface area (Å²) in [6.07, 6.45) is 0.128. The third-order valence-corrected chi connectivity index (χ3v) is 5.78. The number of aryl methyl sites for hydroxylation is 1. The van der Waals surface area contributed by atoms with Crippen LogP contribution in [0, 0.1) is 6.92 Å². The van der Waals surface area contributed by atoms with E-state index in [2.05, 4.69) is 15.6 Å². The van der Waals surface area contributed by atoms with E-state index in [9.17, 15) is 14.4 Å². The second-order valence-corrected chi connectivity index (χ2v) is 8.88. The molecule has 0 bridgehead atoms. The van der Waals surface area contributed by atoms with E-state index in [4.69, 9.17) is 0 Å². The lowest BCUT2D eigenvalue weighted by Crippen LogP contribution is -2.42. The summed E-state index contributed by atoms with van der Waals surface area (Å²) in [5.41, 5.74) is 3.21. The first-order valence-electron chi connectivity index (χ1n) is 10.7. The molecule has 0 saturated heterocycles. The lowest BCUT2D eigenvalue weighted by molar-refractivity contribution is -0.120. The minimum absolute atomic E-state index is 0.0865. The third kappa shape index (κ3) is 7.25. The molecular formula is C25H28N4O3S. The van der Waals surface area contributed by atoms with Gasteiger partial charge in [0.2, 0.25) is 11.8 Å². The van der Waals surface area contributed by atoms with Crippen molar-refractivity contribution in [1.82, 2.24) is 15.2 Å². The number of carbonyl (C=O) groups excluding carboxylic acids is 3. The number of carbonyl (C=O) groups is 3. The molecule has 3 amide bonds. The molecule has 0 aliphatic carbocycles. The van der Waals surface area contributed by atoms with Gasteiger partial charge in [0.05, 0.1) is 12.1 Å². The minimum Gasteiger partial charge on any atom is -0.352 e. The molecular weight excluding hydrogens is 436 g/mol. The lowest BCUT2D eigenvalue weighted by atomic mass is 10.1. The number of nitrogens with one attached hydrogen (secondary N) is 2. The first kappa shape index (κ1) is 24.1. The molecule has 0 spiro atoms. The highest BCUT2D eigenvalue weighted by molar-refractivity contribution is 7.13. The van der Waals surface area contributed by atoms with Crippen molar-refractivity contribution in [2.45, 2.75) is 39.8 Å². The van der Waals surface area contributed by atoms with Crippen LogP contribution in [0.25, 0.3) is 0 Å². The summed E-state index contributed by atoms with van der Waals surface area (Å²) in [4.78, 5) is 43.5. The summed E-state index contributed by atoms with van der Waals surface area (Å²) in [6, 6.07) is 16.8. The Balaban J connectivity index is 1.52. The molecule has 3 rings (SSSR count). The molecule has 0 fully saturated rings. The summed E-state index contributed by atoms with van der Waals surface area (Å²) in [5.74, 6) is -0.676. The molecule has 0 atom stereocenters. The number of thiazole rings is 1. The molecule has 1 heterocycles. The monoisotopic (exact) mass is 464 g/mol. The predicted octanol–water partition coefficient (Wildman–Crippen LogP) is 3.80. The third-order valence-electron chi connectivity index (χ3n) is 4.97. The van der Waals surface area contributed by atoms with Crippen LogP contribution in [0.3, 0.4) is 0 Å². The Morgan fingerprint density at radius 1 is 1.00 bits per heavy atom. The average Bonchev–Trinajstić information content (AvgIpc) is 3.23. The fraction of sp³-hybridized carbons (Fsp3) is 0.280. The van der Waals surface area contributed by atoms with Crippen molar-refractivity contribution in [3.05, 3.63) is 82.4 Å². The Morgan fingerprint density at radius 3 is 2.36 bits per heavy atom. The molecule has 0 radical (unpaired) electrons. The standard InChI is InChI=1S/C25H28N4O3S/c1-17(2)29(24(32)20-11-9-18(3)10-12-20)15-23(31)28-25-27-21(16-33-25)13-22(30)26-14-19-7-5-4-6-8-19/h4-12,16-17H,13-15H2,1-3H3,(H,26,30)(H,27,28,31). The summed E-state index contributed by atoms with van der Waals surface area (Å²) in [6.45, 7) is 6.06. The van der Waals surface area contributed by atoms with Crippen molar-refractivity contribution in [3.63, 3.8) is 0 Å². The fourth-order valence-corrected chi connectivity index (χ4v) is 3.86. The number of rotatable bonds is 9. The molecule has 2 N–H and O–H groups in total. The van der Waals surface area contributed by atoms with Crippen LogP contribution in [0.5, 0.6) is 0 Å². The van der Waals surface area contributed by atoms with Crippen LogP contribution >= 0.6 is 11.3 Å². The Labute approximate surface area is 197 Å². The zero-order valence-corrected chi connectivity index (χ0v) is 19.8. The molecule has 0 saturated carbocycles. The highest BCUT2D eigenvalue weighted by Crippen LogP contribution is 2.17. The smallest absolute Gasteiger partial charge is 0.254 e. The summed E-state index contributed by atoms with van der Waals surface area (Å²) >= 11 is 1.25. The average molecular weight is 465 g/mol. The second kappa shape index (κ2) is 11.4. The molecule has 33 heavy (non-hydrogen) atoms. The molecule has 0 aliphatic heterocycles. The van der Waals surface area contributed by atoms with Gasteiger partial charge < -0.3 is 15.5 Å². The van der Waals surface area contributed by atoms with Crippen molar-refractivity contribution >= 4 is 34.2 Å². The number of nitrogens with zero attached hydrogens (tertiary/aromatic N) is 2. The van der Waals surface area contributed by atoms with Gasteiger partial charge >= 0.3 is 0 Å². The molecule has 0 unspecified atom stereocenters. The Kier molecular flexibility index (Phi) is 8.32. The van der Waals surface area contributed by atoms with Crippen molar-refractivity contribution in [2.24, 2.45) is 0 Å². The topological polar surface area (TPSA) is 91.4 Å². The van der Waals surface area contributed by atoms with Gasteiger partial charge in [-0.25, -0.2) is 4.98 Å². The van der Waals surface area contributed by atoms with Crippen molar-refractivity contribution in [3.8, 4) is 0 Å². The van der Waals surface area contributed by atoms with Crippen LogP contribution in [0.1, 0.15) is 41.0 Å². The maximum absolute atomic E-state index is 12.9. The van der Waals surface area contributed by atoms with Crippen LogP contribution in [0.15, 0.2) is 60.0 Å². The van der Waals surface area contributed by atoms with E-state index in [1.165, 1.54) is 16.2 Å². The van der Waals surface area contributed by atoms with E-state index in [0.29, 0.717) is 22.9 Å². The summed E-state index contributed by atoms with van der Waals surface area (Å²) in [7, 11) is 0. The Bertz CT molecular complexity index is 1090. The van der Waals surface area contributed by atoms with Gasteiger partial charge in [-0.3, -0.25) is 14.4 Å². The molecule has 0 aliphatic rings. The van der Waals surface area contributed by atoms with Crippen molar-refractivity contribution in [2.75, 3.05) is 11.9 Å². The number of hydrogen-bond acceptors (Lipinski definition) is 5. The number of hydrogen-bond donors (Lipinski definition) is 2. The number of amides is 3. The number of aromatic nitrogens is 1. The SMILES string of the molecule is Cc1ccc(C(=O)N(CC(=O)Nc2nc(CC(=O)NCc3ccccc3)cs2)C(C)C)cc1. The second-order valence-electron chi connectivity index (χ2n) is 8.02. The maximum Gasteiger partial charge on any atom is 0.254 e. The Hall–Kier alpha value is -3.52. The van der Waals surface area contributed by atoms with Gasteiger partial charge in [-0.1, -0.05) is 48.0 Å². The first-order valence-corrected chi connectivity index (χ1v) is 11.6. The maximum atomic E-state index is 12.9. The van der Waals surface area contributed by atoms with Gasteiger partial charge in [-0.05, 0) is 38.5 Å². The molecule has 1 aromatic heterocycles. The lowest BCUT2D eigenvalue weighted by Gasteiger charge is -2.26. The van der Waals surface area contributed by atoms with Crippen LogP contribution < -0.4 is 10.6 Å². The van der Waals surface area contributed by atoms with Gasteiger partial charge in [0, 0.05) is 23.5 Å². The largest absolute Gasteiger partial charge is 0.352 e. The van der Waals surface area contributed by atoms with Crippen LogP contribution in [-0.2, 0) is 22.6 Å². The summed E-state index contributed by atoms with van der Waals surface area (Å²) in [5, 5.41) is 7.74. The molecule has 3 aromatic rings. The zero-order chi connectivity index (χ0) is 23.8.